The van der Waals surface area contributed by atoms with Crippen molar-refractivity contribution in [2.75, 3.05) is 32.7 Å². The first-order valence-electron chi connectivity index (χ1n) is 10.2. The first-order chi connectivity index (χ1) is 14.5. The molecule has 2 heterocycles. The van der Waals surface area contributed by atoms with Crippen molar-refractivity contribution in [3.05, 3.63) is 71.5 Å². The minimum atomic E-state index is -0.380. The van der Waals surface area contributed by atoms with Crippen molar-refractivity contribution in [1.82, 2.24) is 14.7 Å². The molecule has 30 heavy (non-hydrogen) atoms. The fraction of sp³-hybridized carbons (Fsp3) is 0.348. The summed E-state index contributed by atoms with van der Waals surface area (Å²) in [6.45, 7) is 2.68. The Labute approximate surface area is 174 Å². The Morgan fingerprint density at radius 2 is 1.53 bits per heavy atom. The lowest BCUT2D eigenvalue weighted by Crippen LogP contribution is -2.52. The fourth-order valence-electron chi connectivity index (χ4n) is 4.06. The number of benzene rings is 2. The van der Waals surface area contributed by atoms with Crippen LogP contribution in [0.15, 0.2) is 54.6 Å². The molecule has 2 fully saturated rings. The molecule has 3 amide bonds. The average Bonchev–Trinajstić information content (AvgIpc) is 3.14. The van der Waals surface area contributed by atoms with Gasteiger partial charge in [-0.25, -0.2) is 4.39 Å². The normalized spacial score (nSPS) is 19.3. The minimum Gasteiger partial charge on any atom is -0.339 e. The van der Waals surface area contributed by atoms with Crippen molar-refractivity contribution < 1.29 is 18.8 Å². The third-order valence-corrected chi connectivity index (χ3v) is 5.75. The number of carbonyl (C=O) groups excluding carboxylic acids is 3. The average molecular weight is 409 g/mol. The van der Waals surface area contributed by atoms with Crippen LogP contribution in [0.3, 0.4) is 0 Å². The molecule has 7 heteroatoms. The van der Waals surface area contributed by atoms with E-state index in [9.17, 15) is 18.8 Å². The SMILES string of the molecule is O=C1CC(C(=O)N2CCN(C(=O)c3ccc(F)cc3)CC2)CN1Cc1ccccc1. The molecule has 1 atom stereocenters. The summed E-state index contributed by atoms with van der Waals surface area (Å²) in [6, 6.07) is 15.2. The quantitative estimate of drug-likeness (QED) is 0.778. The van der Waals surface area contributed by atoms with E-state index in [4.69, 9.17) is 0 Å². The van der Waals surface area contributed by atoms with Gasteiger partial charge < -0.3 is 14.7 Å². The van der Waals surface area contributed by atoms with E-state index in [1.54, 1.807) is 14.7 Å². The molecule has 0 saturated carbocycles. The number of likely N-dealkylation sites (tertiary alicyclic amines) is 1. The summed E-state index contributed by atoms with van der Waals surface area (Å²) in [6.07, 6.45) is 0.236. The van der Waals surface area contributed by atoms with Crippen molar-refractivity contribution in [2.24, 2.45) is 5.92 Å². The lowest BCUT2D eigenvalue weighted by molar-refractivity contribution is -0.137. The maximum atomic E-state index is 13.1. The molecule has 0 N–H and O–H groups in total. The van der Waals surface area contributed by atoms with Crippen LogP contribution in [0.25, 0.3) is 0 Å². The molecule has 2 aromatic rings. The second kappa shape index (κ2) is 8.65. The third-order valence-electron chi connectivity index (χ3n) is 5.75. The summed E-state index contributed by atoms with van der Waals surface area (Å²) >= 11 is 0. The highest BCUT2D eigenvalue weighted by molar-refractivity contribution is 5.94. The van der Waals surface area contributed by atoms with Crippen LogP contribution in [0.5, 0.6) is 0 Å². The Morgan fingerprint density at radius 3 is 2.20 bits per heavy atom. The molecule has 4 rings (SSSR count). The van der Waals surface area contributed by atoms with Gasteiger partial charge in [0.25, 0.3) is 5.91 Å². The Hall–Kier alpha value is -3.22. The number of nitrogens with zero attached hydrogens (tertiary/aromatic N) is 3. The molecular weight excluding hydrogens is 385 g/mol. The highest BCUT2D eigenvalue weighted by Crippen LogP contribution is 2.23. The lowest BCUT2D eigenvalue weighted by atomic mass is 10.1. The van der Waals surface area contributed by atoms with Crippen molar-refractivity contribution in [2.45, 2.75) is 13.0 Å². The first kappa shape index (κ1) is 20.1. The predicted molar refractivity (Wildman–Crippen MR) is 109 cm³/mol. The molecule has 156 valence electrons. The number of rotatable bonds is 4. The van der Waals surface area contributed by atoms with Crippen LogP contribution < -0.4 is 0 Å². The Balaban J connectivity index is 1.30. The van der Waals surface area contributed by atoms with Crippen molar-refractivity contribution in [1.29, 1.82) is 0 Å². The molecule has 6 nitrogen and oxygen atoms in total. The van der Waals surface area contributed by atoms with Crippen molar-refractivity contribution in [3.8, 4) is 0 Å². The number of carbonyl (C=O) groups is 3. The van der Waals surface area contributed by atoms with Gasteiger partial charge >= 0.3 is 0 Å². The first-order valence-corrected chi connectivity index (χ1v) is 10.2. The summed E-state index contributed by atoms with van der Waals surface area (Å²) in [5.74, 6) is -0.891. The topological polar surface area (TPSA) is 60.9 Å². The van der Waals surface area contributed by atoms with Crippen molar-refractivity contribution >= 4 is 17.7 Å². The molecule has 2 aromatic carbocycles. The standard InChI is InChI=1S/C23H24FN3O3/c24-20-8-6-18(7-9-20)22(29)25-10-12-26(13-11-25)23(30)19-14-21(28)27(16-19)15-17-4-2-1-3-5-17/h1-9,19H,10-16H2. The molecule has 1 unspecified atom stereocenters. The predicted octanol–water partition coefficient (Wildman–Crippen LogP) is 2.16. The maximum absolute atomic E-state index is 13.1. The van der Waals surface area contributed by atoms with Crippen molar-refractivity contribution in [3.63, 3.8) is 0 Å². The van der Waals surface area contributed by atoms with Crippen LogP contribution in [0.1, 0.15) is 22.3 Å². The molecule has 2 aliphatic rings. The van der Waals surface area contributed by atoms with Gasteiger partial charge in [0.2, 0.25) is 11.8 Å². The van der Waals surface area contributed by atoms with Gasteiger partial charge in [-0.2, -0.15) is 0 Å². The largest absolute Gasteiger partial charge is 0.339 e. The van der Waals surface area contributed by atoms with Gasteiger partial charge in [0.1, 0.15) is 5.82 Å². The number of amides is 3. The smallest absolute Gasteiger partial charge is 0.253 e. The number of piperazine rings is 1. The molecule has 2 saturated heterocycles. The Morgan fingerprint density at radius 1 is 0.900 bits per heavy atom. The highest BCUT2D eigenvalue weighted by Gasteiger charge is 2.37. The van der Waals surface area contributed by atoms with E-state index in [0.717, 1.165) is 5.56 Å². The zero-order chi connectivity index (χ0) is 21.1. The second-order valence-corrected chi connectivity index (χ2v) is 7.79. The van der Waals surface area contributed by atoms with Crippen LogP contribution in [0.2, 0.25) is 0 Å². The molecule has 0 aromatic heterocycles. The Kier molecular flexibility index (Phi) is 5.79. The summed E-state index contributed by atoms with van der Waals surface area (Å²) in [4.78, 5) is 43.0. The van der Waals surface area contributed by atoms with Gasteiger partial charge in [0, 0.05) is 51.3 Å². The lowest BCUT2D eigenvalue weighted by Gasteiger charge is -2.36. The number of hydrogen-bond donors (Lipinski definition) is 0. The van der Waals surface area contributed by atoms with Gasteiger partial charge in [0.05, 0.1) is 5.92 Å². The maximum Gasteiger partial charge on any atom is 0.253 e. The van der Waals surface area contributed by atoms with E-state index in [1.165, 1.54) is 24.3 Å². The van der Waals surface area contributed by atoms with Gasteiger partial charge in [0.15, 0.2) is 0 Å². The summed E-state index contributed by atoms with van der Waals surface area (Å²) in [7, 11) is 0. The molecule has 2 aliphatic heterocycles. The van der Waals surface area contributed by atoms with Crippen LogP contribution in [-0.2, 0) is 16.1 Å². The summed E-state index contributed by atoms with van der Waals surface area (Å²) in [5, 5.41) is 0. The van der Waals surface area contributed by atoms with Crippen LogP contribution in [0.4, 0.5) is 4.39 Å². The molecule has 0 spiro atoms. The molecule has 0 bridgehead atoms. The Bertz CT molecular complexity index is 924. The monoisotopic (exact) mass is 409 g/mol. The van der Waals surface area contributed by atoms with E-state index in [0.29, 0.717) is 44.8 Å². The summed E-state index contributed by atoms with van der Waals surface area (Å²) in [5.41, 5.74) is 1.49. The number of hydrogen-bond acceptors (Lipinski definition) is 3. The molecule has 0 aliphatic carbocycles. The van der Waals surface area contributed by atoms with Gasteiger partial charge in [-0.15, -0.1) is 0 Å². The van der Waals surface area contributed by atoms with Gasteiger partial charge in [-0.3, -0.25) is 14.4 Å². The summed E-state index contributed by atoms with van der Waals surface area (Å²) < 4.78 is 13.1. The van der Waals surface area contributed by atoms with Gasteiger partial charge in [-0.1, -0.05) is 30.3 Å². The second-order valence-electron chi connectivity index (χ2n) is 7.79. The van der Waals surface area contributed by atoms with E-state index in [1.807, 2.05) is 30.3 Å². The van der Waals surface area contributed by atoms with Gasteiger partial charge in [-0.05, 0) is 29.8 Å². The van der Waals surface area contributed by atoms with E-state index in [-0.39, 0.29) is 35.9 Å². The van der Waals surface area contributed by atoms with Crippen LogP contribution in [0, 0.1) is 11.7 Å². The molecular formula is C23H24FN3O3. The van der Waals surface area contributed by atoms with E-state index in [2.05, 4.69) is 0 Å². The van der Waals surface area contributed by atoms with Crippen LogP contribution in [-0.4, -0.2) is 65.1 Å². The zero-order valence-corrected chi connectivity index (χ0v) is 16.7. The fourth-order valence-corrected chi connectivity index (χ4v) is 4.06. The highest BCUT2D eigenvalue weighted by atomic mass is 19.1. The van der Waals surface area contributed by atoms with E-state index >= 15 is 0 Å². The van der Waals surface area contributed by atoms with E-state index < -0.39 is 0 Å². The third kappa shape index (κ3) is 4.35. The minimum absolute atomic E-state index is 0.00215. The number of halogens is 1. The zero-order valence-electron chi connectivity index (χ0n) is 16.7. The molecule has 0 radical (unpaired) electrons. The van der Waals surface area contributed by atoms with Crippen LogP contribution >= 0.6 is 0 Å².